The number of hydrogen-bond acceptors (Lipinski definition) is 9. The number of aromatic carboxylic acids is 1. The molecule has 1 heterocycles. The predicted molar refractivity (Wildman–Crippen MR) is 125 cm³/mol. The number of thiazole rings is 1. The van der Waals surface area contributed by atoms with Gasteiger partial charge in [0, 0.05) is 23.7 Å². The van der Waals surface area contributed by atoms with Crippen LogP contribution in [0.3, 0.4) is 0 Å². The Bertz CT molecular complexity index is 1110. The Hall–Kier alpha value is -3.94. The summed E-state index contributed by atoms with van der Waals surface area (Å²) in [5.41, 5.74) is 0.999. The molecule has 7 N–H and O–H groups in total. The zero-order valence-electron chi connectivity index (χ0n) is 17.7. The van der Waals surface area contributed by atoms with Crippen molar-refractivity contribution >= 4 is 41.9 Å². The number of carboxylic acid groups (broad SMARTS) is 2. The average molecular weight is 487 g/mol. The first-order valence-electron chi connectivity index (χ1n) is 9.78. The van der Waals surface area contributed by atoms with Crippen LogP contribution in [0.4, 0.5) is 5.13 Å². The van der Waals surface area contributed by atoms with Crippen molar-refractivity contribution in [1.29, 1.82) is 0 Å². The van der Waals surface area contributed by atoms with Crippen molar-refractivity contribution in [3.63, 3.8) is 0 Å². The number of benzene rings is 2. The van der Waals surface area contributed by atoms with Gasteiger partial charge in [-0.2, -0.15) is 0 Å². The second-order valence-corrected chi connectivity index (χ2v) is 7.71. The number of carbonyl (C=O) groups excluding carboxylic acids is 1. The summed E-state index contributed by atoms with van der Waals surface area (Å²) in [6, 6.07) is 10.9. The van der Waals surface area contributed by atoms with E-state index in [9.17, 15) is 24.7 Å². The average Bonchev–Trinajstić information content (AvgIpc) is 3.32. The monoisotopic (exact) mass is 487 g/mol. The second kappa shape index (κ2) is 12.9. The van der Waals surface area contributed by atoms with Crippen LogP contribution in [0.2, 0.25) is 0 Å². The summed E-state index contributed by atoms with van der Waals surface area (Å²) in [5.74, 6) is -3.50. The lowest BCUT2D eigenvalue weighted by atomic mass is 9.75. The number of aromatic hydroxyl groups is 1. The zero-order chi connectivity index (χ0) is 25.1. The molecule has 0 fully saturated rings. The molecule has 1 amide bonds. The number of carboxylic acids is 1. The van der Waals surface area contributed by atoms with E-state index in [2.05, 4.69) is 15.6 Å². The Morgan fingerprint density at radius 2 is 1.88 bits per heavy atom. The maximum absolute atomic E-state index is 12.7. The zero-order valence-corrected chi connectivity index (χ0v) is 18.5. The smallest absolute Gasteiger partial charge is 0.475 e. The molecule has 178 valence electrons. The molecule has 13 heteroatoms. The Morgan fingerprint density at radius 1 is 1.18 bits per heavy atom. The van der Waals surface area contributed by atoms with Gasteiger partial charge in [-0.1, -0.05) is 24.3 Å². The summed E-state index contributed by atoms with van der Waals surface area (Å²) in [5, 5.41) is 53.8. The Kier molecular flexibility index (Phi) is 10.0. The third kappa shape index (κ3) is 7.58. The lowest BCUT2D eigenvalue weighted by molar-refractivity contribution is -0.122. The molecule has 0 unspecified atom stereocenters. The first-order valence-corrected chi connectivity index (χ1v) is 10.7. The van der Waals surface area contributed by atoms with Gasteiger partial charge in [-0.25, -0.2) is 9.78 Å². The molecule has 0 saturated carbocycles. The van der Waals surface area contributed by atoms with Crippen molar-refractivity contribution < 1.29 is 39.8 Å². The van der Waals surface area contributed by atoms with Gasteiger partial charge in [-0.15, -0.1) is 11.3 Å². The highest BCUT2D eigenvalue weighted by Crippen LogP contribution is 2.24. The lowest BCUT2D eigenvalue weighted by Gasteiger charge is -2.19. The highest BCUT2D eigenvalue weighted by molar-refractivity contribution is 7.13. The molecule has 3 aromatic rings. The Labute approximate surface area is 198 Å². The summed E-state index contributed by atoms with van der Waals surface area (Å²) in [7, 11) is -1.92. The van der Waals surface area contributed by atoms with Crippen molar-refractivity contribution in [3.05, 3.63) is 76.3 Å². The first-order chi connectivity index (χ1) is 16.3. The fourth-order valence-corrected chi connectivity index (χ4v) is 3.49. The van der Waals surface area contributed by atoms with Crippen LogP contribution < -0.4 is 10.6 Å². The van der Waals surface area contributed by atoms with Crippen LogP contribution in [-0.2, 0) is 17.8 Å². The summed E-state index contributed by atoms with van der Waals surface area (Å²) in [6.07, 6.45) is 1.50. The van der Waals surface area contributed by atoms with E-state index in [0.717, 1.165) is 10.7 Å². The number of phenols is 1. The van der Waals surface area contributed by atoms with E-state index < -0.39 is 30.7 Å². The van der Waals surface area contributed by atoms with E-state index in [0.29, 0.717) is 12.1 Å². The van der Waals surface area contributed by atoms with E-state index in [1.807, 2.05) is 11.4 Å². The number of carbonyl (C=O) groups is 3. The van der Waals surface area contributed by atoms with Gasteiger partial charge in [0.2, 0.25) is 0 Å². The van der Waals surface area contributed by atoms with E-state index in [1.54, 1.807) is 24.4 Å². The van der Waals surface area contributed by atoms with Crippen molar-refractivity contribution in [3.8, 4) is 5.75 Å². The SMILES string of the molecule is O=C(N[C@@H](Cc1cccc(C(=O)O)c1O)B(O)O)c1cccc(CNc2nccs2)c1.O=CO. The molecule has 0 aliphatic carbocycles. The summed E-state index contributed by atoms with van der Waals surface area (Å²) in [4.78, 5) is 36.3. The molecular weight excluding hydrogens is 465 g/mol. The van der Waals surface area contributed by atoms with Gasteiger partial charge in [0.05, 0.1) is 5.94 Å². The molecule has 0 radical (unpaired) electrons. The van der Waals surface area contributed by atoms with Crippen molar-refractivity contribution in [1.82, 2.24) is 10.3 Å². The van der Waals surface area contributed by atoms with Crippen LogP contribution in [-0.4, -0.2) is 61.8 Å². The van der Waals surface area contributed by atoms with Crippen LogP contribution in [0.25, 0.3) is 0 Å². The van der Waals surface area contributed by atoms with Gasteiger partial charge >= 0.3 is 13.1 Å². The molecule has 11 nitrogen and oxygen atoms in total. The van der Waals surface area contributed by atoms with Crippen molar-refractivity contribution in [2.45, 2.75) is 18.9 Å². The maximum atomic E-state index is 12.7. The second-order valence-electron chi connectivity index (χ2n) is 6.81. The number of para-hydroxylation sites is 1. The lowest BCUT2D eigenvalue weighted by Crippen LogP contribution is -2.48. The molecule has 0 aliphatic rings. The minimum atomic E-state index is -1.92. The van der Waals surface area contributed by atoms with Crippen molar-refractivity contribution in [2.75, 3.05) is 5.32 Å². The molecule has 0 spiro atoms. The summed E-state index contributed by atoms with van der Waals surface area (Å²) < 4.78 is 0. The number of nitrogens with one attached hydrogen (secondary N) is 2. The van der Waals surface area contributed by atoms with Crippen LogP contribution in [0.15, 0.2) is 54.0 Å². The first kappa shape index (κ1) is 26.3. The van der Waals surface area contributed by atoms with Gasteiger partial charge in [0.25, 0.3) is 12.4 Å². The molecule has 1 atom stereocenters. The molecular formula is C21H22BN3O8S. The largest absolute Gasteiger partial charge is 0.507 e. The van der Waals surface area contributed by atoms with Gasteiger partial charge in [-0.3, -0.25) is 9.59 Å². The number of aromatic nitrogens is 1. The molecule has 1 aromatic heterocycles. The Morgan fingerprint density at radius 3 is 2.50 bits per heavy atom. The number of nitrogens with zero attached hydrogens (tertiary/aromatic N) is 1. The van der Waals surface area contributed by atoms with E-state index in [-0.39, 0.29) is 24.0 Å². The standard InChI is InChI=1S/C20H20BN3O6S.CH2O2/c25-17-13(4-2-6-15(17)19(27)28)10-16(21(29)30)24-18(26)14-5-1-3-12(9-14)11-23-20-22-7-8-31-20;2-1-3/h1-9,16,25,29-30H,10-11H2,(H,22,23)(H,24,26)(H,27,28);1H,(H,2,3)/t16-;/m0./s1. The minimum Gasteiger partial charge on any atom is -0.507 e. The van der Waals surface area contributed by atoms with Crippen LogP contribution in [0, 0.1) is 0 Å². The molecule has 0 bridgehead atoms. The number of amides is 1. The molecule has 3 rings (SSSR count). The summed E-state index contributed by atoms with van der Waals surface area (Å²) in [6.45, 7) is 0.205. The third-order valence-corrected chi connectivity index (χ3v) is 5.26. The van der Waals surface area contributed by atoms with Crippen LogP contribution in [0.1, 0.15) is 31.8 Å². The topological polar surface area (TPSA) is 189 Å². The van der Waals surface area contributed by atoms with E-state index in [1.165, 1.54) is 29.5 Å². The molecule has 34 heavy (non-hydrogen) atoms. The highest BCUT2D eigenvalue weighted by atomic mass is 32.1. The van der Waals surface area contributed by atoms with Gasteiger partial charge < -0.3 is 36.0 Å². The Balaban J connectivity index is 0.00000129. The predicted octanol–water partition coefficient (Wildman–Crippen LogP) is 1.21. The number of anilines is 1. The van der Waals surface area contributed by atoms with E-state index >= 15 is 0 Å². The van der Waals surface area contributed by atoms with Crippen LogP contribution in [0.5, 0.6) is 5.75 Å². The highest BCUT2D eigenvalue weighted by Gasteiger charge is 2.28. The quantitative estimate of drug-likeness (QED) is 0.171. The number of hydrogen-bond donors (Lipinski definition) is 7. The van der Waals surface area contributed by atoms with Gasteiger partial charge in [0.15, 0.2) is 5.13 Å². The maximum Gasteiger partial charge on any atom is 0.475 e. The van der Waals surface area contributed by atoms with Crippen molar-refractivity contribution in [2.24, 2.45) is 0 Å². The number of rotatable bonds is 9. The summed E-state index contributed by atoms with van der Waals surface area (Å²) >= 11 is 1.45. The third-order valence-electron chi connectivity index (χ3n) is 4.53. The van der Waals surface area contributed by atoms with Gasteiger partial charge in [-0.05, 0) is 35.7 Å². The van der Waals surface area contributed by atoms with Crippen LogP contribution >= 0.6 is 11.3 Å². The molecule has 0 saturated heterocycles. The van der Waals surface area contributed by atoms with Gasteiger partial charge in [0.1, 0.15) is 11.3 Å². The minimum absolute atomic E-state index is 0.166. The molecule has 2 aromatic carbocycles. The normalized spacial score (nSPS) is 10.9. The fraction of sp³-hybridized carbons (Fsp3) is 0.143. The fourth-order valence-electron chi connectivity index (χ4n) is 2.96. The molecule has 0 aliphatic heterocycles. The van der Waals surface area contributed by atoms with E-state index in [4.69, 9.17) is 15.0 Å².